The van der Waals surface area contributed by atoms with Crippen molar-refractivity contribution in [1.82, 2.24) is 15.6 Å². The van der Waals surface area contributed by atoms with E-state index >= 15 is 0 Å². The maximum atomic E-state index is 4.30. The standard InChI is InChI=1S/C13H23N3S/c1-2-5-13(6-3-7-16-13)11-14-8-4-12-15-9-10-17-12/h9-10,14,16H,2-8,11H2,1H3. The van der Waals surface area contributed by atoms with Crippen LogP contribution >= 0.6 is 11.3 Å². The van der Waals surface area contributed by atoms with E-state index in [1.165, 1.54) is 37.2 Å². The Morgan fingerprint density at radius 2 is 2.53 bits per heavy atom. The van der Waals surface area contributed by atoms with Gasteiger partial charge in [0.05, 0.1) is 5.01 Å². The van der Waals surface area contributed by atoms with Gasteiger partial charge in [-0.15, -0.1) is 11.3 Å². The highest BCUT2D eigenvalue weighted by Crippen LogP contribution is 2.23. The molecule has 1 unspecified atom stereocenters. The minimum Gasteiger partial charge on any atom is -0.314 e. The van der Waals surface area contributed by atoms with Crippen LogP contribution in [0.25, 0.3) is 0 Å². The summed E-state index contributed by atoms with van der Waals surface area (Å²) in [7, 11) is 0. The van der Waals surface area contributed by atoms with Crippen LogP contribution in [-0.4, -0.2) is 30.2 Å². The molecule has 0 bridgehead atoms. The van der Waals surface area contributed by atoms with Gasteiger partial charge in [-0.05, 0) is 25.8 Å². The normalized spacial score (nSPS) is 24.3. The lowest BCUT2D eigenvalue weighted by atomic mass is 9.92. The molecule has 1 fully saturated rings. The third-order valence-electron chi connectivity index (χ3n) is 3.52. The number of thiazole rings is 1. The van der Waals surface area contributed by atoms with Crippen LogP contribution in [0.4, 0.5) is 0 Å². The summed E-state index contributed by atoms with van der Waals surface area (Å²) in [6.45, 7) is 5.61. The summed E-state index contributed by atoms with van der Waals surface area (Å²) in [5, 5.41) is 10.6. The van der Waals surface area contributed by atoms with Crippen molar-refractivity contribution in [3.63, 3.8) is 0 Å². The van der Waals surface area contributed by atoms with Gasteiger partial charge in [-0.25, -0.2) is 4.98 Å². The van der Waals surface area contributed by atoms with E-state index in [2.05, 4.69) is 22.5 Å². The first-order chi connectivity index (χ1) is 8.35. The molecule has 1 aliphatic rings. The van der Waals surface area contributed by atoms with Gasteiger partial charge in [0.25, 0.3) is 0 Å². The molecule has 1 saturated heterocycles. The first kappa shape index (κ1) is 13.0. The fourth-order valence-electron chi connectivity index (χ4n) is 2.70. The summed E-state index contributed by atoms with van der Waals surface area (Å²) in [6, 6.07) is 0. The molecule has 1 aliphatic heterocycles. The lowest BCUT2D eigenvalue weighted by molar-refractivity contribution is 0.326. The number of hydrogen-bond acceptors (Lipinski definition) is 4. The highest BCUT2D eigenvalue weighted by molar-refractivity contribution is 7.09. The van der Waals surface area contributed by atoms with Gasteiger partial charge in [0.2, 0.25) is 0 Å². The third kappa shape index (κ3) is 3.76. The number of rotatable bonds is 7. The second kappa shape index (κ2) is 6.47. The molecule has 0 saturated carbocycles. The van der Waals surface area contributed by atoms with Crippen molar-refractivity contribution in [1.29, 1.82) is 0 Å². The smallest absolute Gasteiger partial charge is 0.0937 e. The topological polar surface area (TPSA) is 37.0 Å². The number of hydrogen-bond donors (Lipinski definition) is 2. The van der Waals surface area contributed by atoms with Crippen molar-refractivity contribution in [2.45, 2.75) is 44.6 Å². The van der Waals surface area contributed by atoms with Crippen LogP contribution in [0.3, 0.4) is 0 Å². The van der Waals surface area contributed by atoms with Gasteiger partial charge in [-0.3, -0.25) is 0 Å². The maximum Gasteiger partial charge on any atom is 0.0937 e. The van der Waals surface area contributed by atoms with Crippen molar-refractivity contribution < 1.29 is 0 Å². The predicted octanol–water partition coefficient (Wildman–Crippen LogP) is 2.20. The van der Waals surface area contributed by atoms with Crippen molar-refractivity contribution >= 4 is 11.3 Å². The molecule has 0 aromatic carbocycles. The number of nitrogens with one attached hydrogen (secondary N) is 2. The molecule has 1 aromatic rings. The lowest BCUT2D eigenvalue weighted by Gasteiger charge is -2.29. The molecule has 17 heavy (non-hydrogen) atoms. The molecule has 0 amide bonds. The van der Waals surface area contributed by atoms with Gasteiger partial charge in [-0.2, -0.15) is 0 Å². The van der Waals surface area contributed by atoms with E-state index in [1.54, 1.807) is 11.3 Å². The SMILES string of the molecule is CCCC1(CNCCc2nccs2)CCCN1. The Hall–Kier alpha value is -0.450. The third-order valence-corrected chi connectivity index (χ3v) is 4.36. The zero-order valence-electron chi connectivity index (χ0n) is 10.7. The molecular weight excluding hydrogens is 230 g/mol. The maximum absolute atomic E-state index is 4.30. The Morgan fingerprint density at radius 3 is 3.18 bits per heavy atom. The van der Waals surface area contributed by atoms with Gasteiger partial charge >= 0.3 is 0 Å². The second-order valence-corrected chi connectivity index (χ2v) is 5.89. The predicted molar refractivity (Wildman–Crippen MR) is 73.6 cm³/mol. The van der Waals surface area contributed by atoms with Crippen LogP contribution in [0.15, 0.2) is 11.6 Å². The minimum absolute atomic E-state index is 0.373. The molecular formula is C13H23N3S. The van der Waals surface area contributed by atoms with Crippen LogP contribution in [0.5, 0.6) is 0 Å². The van der Waals surface area contributed by atoms with E-state index in [0.717, 1.165) is 19.5 Å². The average molecular weight is 253 g/mol. The van der Waals surface area contributed by atoms with E-state index in [9.17, 15) is 0 Å². The molecule has 3 nitrogen and oxygen atoms in total. The van der Waals surface area contributed by atoms with E-state index in [1.807, 2.05) is 11.6 Å². The molecule has 2 N–H and O–H groups in total. The highest BCUT2D eigenvalue weighted by Gasteiger charge is 2.31. The van der Waals surface area contributed by atoms with Gasteiger partial charge in [0.15, 0.2) is 0 Å². The van der Waals surface area contributed by atoms with Crippen molar-refractivity contribution in [3.8, 4) is 0 Å². The first-order valence-electron chi connectivity index (χ1n) is 6.69. The number of aromatic nitrogens is 1. The zero-order valence-corrected chi connectivity index (χ0v) is 11.5. The van der Waals surface area contributed by atoms with Crippen LogP contribution in [0.1, 0.15) is 37.6 Å². The van der Waals surface area contributed by atoms with Crippen LogP contribution in [0.2, 0.25) is 0 Å². The van der Waals surface area contributed by atoms with Crippen molar-refractivity contribution in [3.05, 3.63) is 16.6 Å². The lowest BCUT2D eigenvalue weighted by Crippen LogP contribution is -2.48. The second-order valence-electron chi connectivity index (χ2n) is 4.91. The summed E-state index contributed by atoms with van der Waals surface area (Å²) in [4.78, 5) is 4.30. The summed E-state index contributed by atoms with van der Waals surface area (Å²) in [5.74, 6) is 0. The van der Waals surface area contributed by atoms with Crippen molar-refractivity contribution in [2.24, 2.45) is 0 Å². The summed E-state index contributed by atoms with van der Waals surface area (Å²) >= 11 is 1.75. The van der Waals surface area contributed by atoms with E-state index < -0.39 is 0 Å². The van der Waals surface area contributed by atoms with E-state index in [-0.39, 0.29) is 0 Å². The van der Waals surface area contributed by atoms with E-state index in [4.69, 9.17) is 0 Å². The fourth-order valence-corrected chi connectivity index (χ4v) is 3.32. The zero-order chi connectivity index (χ0) is 12.0. The van der Waals surface area contributed by atoms with E-state index in [0.29, 0.717) is 5.54 Å². The minimum atomic E-state index is 0.373. The molecule has 0 spiro atoms. The largest absolute Gasteiger partial charge is 0.314 e. The van der Waals surface area contributed by atoms with Crippen LogP contribution < -0.4 is 10.6 Å². The Morgan fingerprint density at radius 1 is 1.59 bits per heavy atom. The van der Waals surface area contributed by atoms with Gasteiger partial charge in [-0.1, -0.05) is 13.3 Å². The Kier molecular flexibility index (Phi) is 4.95. The fraction of sp³-hybridized carbons (Fsp3) is 0.769. The monoisotopic (exact) mass is 253 g/mol. The molecule has 1 atom stereocenters. The molecule has 2 rings (SSSR count). The summed E-state index contributed by atoms with van der Waals surface area (Å²) in [5.41, 5.74) is 0.373. The van der Waals surface area contributed by atoms with Gasteiger partial charge in [0.1, 0.15) is 0 Å². The molecule has 0 radical (unpaired) electrons. The molecule has 4 heteroatoms. The van der Waals surface area contributed by atoms with Gasteiger partial charge in [0, 0.05) is 36.6 Å². The summed E-state index contributed by atoms with van der Waals surface area (Å²) in [6.07, 6.45) is 8.15. The van der Waals surface area contributed by atoms with Crippen LogP contribution in [0, 0.1) is 0 Å². The average Bonchev–Trinajstić information content (AvgIpc) is 2.97. The molecule has 1 aromatic heterocycles. The van der Waals surface area contributed by atoms with Gasteiger partial charge < -0.3 is 10.6 Å². The Balaban J connectivity index is 1.69. The Labute approximate surface area is 108 Å². The highest BCUT2D eigenvalue weighted by atomic mass is 32.1. The number of nitrogens with zero attached hydrogens (tertiary/aromatic N) is 1. The Bertz CT molecular complexity index is 304. The summed E-state index contributed by atoms with van der Waals surface area (Å²) < 4.78 is 0. The quantitative estimate of drug-likeness (QED) is 0.732. The molecule has 96 valence electrons. The van der Waals surface area contributed by atoms with Crippen molar-refractivity contribution in [2.75, 3.05) is 19.6 Å². The first-order valence-corrected chi connectivity index (χ1v) is 7.57. The molecule has 0 aliphatic carbocycles. The molecule has 2 heterocycles. The van der Waals surface area contributed by atoms with Crippen LogP contribution in [-0.2, 0) is 6.42 Å².